The molecule has 150 valence electrons. The van der Waals surface area contributed by atoms with E-state index in [0.29, 0.717) is 0 Å². The van der Waals surface area contributed by atoms with Crippen molar-refractivity contribution in [2.24, 2.45) is 0 Å². The summed E-state index contributed by atoms with van der Waals surface area (Å²) in [6.45, 7) is 17.9. The Hall–Kier alpha value is -1.85. The molecule has 0 aliphatic carbocycles. The highest BCUT2D eigenvalue weighted by atomic mass is 32.1. The second kappa shape index (κ2) is 7.19. The maximum Gasteiger partial charge on any atom is 0.250 e. The summed E-state index contributed by atoms with van der Waals surface area (Å²) in [7, 11) is -1.87. The van der Waals surface area contributed by atoms with Crippen LogP contribution in [0.4, 0.5) is 10.8 Å². The van der Waals surface area contributed by atoms with E-state index >= 15 is 0 Å². The molecule has 3 aromatic rings. The standard InChI is InChI=1S/C23H32N2OSSi/c1-22(2,3)20-15-27-21(25-20)24-19-11-9-10-16-12-13-17(14-18(16)19)26-28(7,8)23(4,5)6/h9-15H,1-8H3,(H,24,25). The van der Waals surface area contributed by atoms with Gasteiger partial charge in [0.2, 0.25) is 8.32 Å². The third kappa shape index (κ3) is 4.41. The Morgan fingerprint density at radius 3 is 2.32 bits per heavy atom. The monoisotopic (exact) mass is 412 g/mol. The number of hydrogen-bond donors (Lipinski definition) is 1. The lowest BCUT2D eigenvalue weighted by molar-refractivity contribution is 0.493. The lowest BCUT2D eigenvalue weighted by Gasteiger charge is -2.36. The van der Waals surface area contributed by atoms with Crippen molar-refractivity contribution in [3.05, 3.63) is 47.5 Å². The normalized spacial score (nSPS) is 13.0. The summed E-state index contributed by atoms with van der Waals surface area (Å²) in [5, 5.41) is 9.11. The fraction of sp³-hybridized carbons (Fsp3) is 0.435. The van der Waals surface area contributed by atoms with Crippen molar-refractivity contribution in [2.45, 2.75) is 65.1 Å². The van der Waals surface area contributed by atoms with Gasteiger partial charge in [-0.1, -0.05) is 59.7 Å². The summed E-state index contributed by atoms with van der Waals surface area (Å²) in [5.74, 6) is 0.947. The molecule has 0 saturated heterocycles. The summed E-state index contributed by atoms with van der Waals surface area (Å²) in [6.07, 6.45) is 0. The molecular formula is C23H32N2OSSi. The van der Waals surface area contributed by atoms with Gasteiger partial charge in [-0.3, -0.25) is 0 Å². The minimum atomic E-state index is -1.87. The van der Waals surface area contributed by atoms with E-state index in [-0.39, 0.29) is 10.5 Å². The number of nitrogens with one attached hydrogen (secondary N) is 1. The fourth-order valence-corrected chi connectivity index (χ4v) is 4.63. The van der Waals surface area contributed by atoms with Gasteiger partial charge in [0.15, 0.2) is 5.13 Å². The van der Waals surface area contributed by atoms with Crippen molar-refractivity contribution in [3.63, 3.8) is 0 Å². The number of thiazole rings is 1. The Bertz CT molecular complexity index is 980. The topological polar surface area (TPSA) is 34.1 Å². The largest absolute Gasteiger partial charge is 0.543 e. The molecule has 0 unspecified atom stereocenters. The molecule has 28 heavy (non-hydrogen) atoms. The summed E-state index contributed by atoms with van der Waals surface area (Å²) in [4.78, 5) is 4.78. The first-order valence-electron chi connectivity index (χ1n) is 9.82. The molecular weight excluding hydrogens is 380 g/mol. The van der Waals surface area contributed by atoms with Crippen molar-refractivity contribution in [1.29, 1.82) is 0 Å². The van der Waals surface area contributed by atoms with Crippen LogP contribution in [-0.2, 0) is 5.41 Å². The Labute approximate surface area is 174 Å². The van der Waals surface area contributed by atoms with E-state index < -0.39 is 8.32 Å². The summed E-state index contributed by atoms with van der Waals surface area (Å²) >= 11 is 1.65. The number of anilines is 2. The van der Waals surface area contributed by atoms with E-state index in [1.54, 1.807) is 11.3 Å². The smallest absolute Gasteiger partial charge is 0.250 e. The maximum atomic E-state index is 6.53. The van der Waals surface area contributed by atoms with Crippen LogP contribution in [0.25, 0.3) is 10.8 Å². The van der Waals surface area contributed by atoms with Crippen LogP contribution in [0, 0.1) is 0 Å². The van der Waals surface area contributed by atoms with Crippen LogP contribution < -0.4 is 9.74 Å². The van der Waals surface area contributed by atoms with Crippen molar-refractivity contribution in [2.75, 3.05) is 5.32 Å². The zero-order chi connectivity index (χ0) is 20.7. The fourth-order valence-electron chi connectivity index (χ4n) is 2.66. The van der Waals surface area contributed by atoms with Crippen LogP contribution in [0.15, 0.2) is 41.8 Å². The van der Waals surface area contributed by atoms with Gasteiger partial charge in [0.25, 0.3) is 0 Å². The quantitative estimate of drug-likeness (QED) is 0.445. The third-order valence-corrected chi connectivity index (χ3v) is 10.7. The van der Waals surface area contributed by atoms with Crippen LogP contribution in [0.3, 0.4) is 0 Å². The molecule has 0 atom stereocenters. The first kappa shape index (κ1) is 20.9. The predicted molar refractivity (Wildman–Crippen MR) is 126 cm³/mol. The van der Waals surface area contributed by atoms with E-state index in [9.17, 15) is 0 Å². The van der Waals surface area contributed by atoms with Crippen LogP contribution in [0.5, 0.6) is 5.75 Å². The van der Waals surface area contributed by atoms with E-state index in [0.717, 1.165) is 27.6 Å². The molecule has 0 saturated carbocycles. The van der Waals surface area contributed by atoms with Crippen molar-refractivity contribution in [1.82, 2.24) is 4.98 Å². The van der Waals surface area contributed by atoms with Gasteiger partial charge in [0.05, 0.1) is 5.69 Å². The van der Waals surface area contributed by atoms with Gasteiger partial charge < -0.3 is 9.74 Å². The predicted octanol–water partition coefficient (Wildman–Crippen LogP) is 7.72. The molecule has 0 spiro atoms. The van der Waals surface area contributed by atoms with E-state index in [2.05, 4.69) is 102 Å². The van der Waals surface area contributed by atoms with Crippen LogP contribution >= 0.6 is 11.3 Å². The summed E-state index contributed by atoms with van der Waals surface area (Å²) in [6, 6.07) is 12.7. The van der Waals surface area contributed by atoms with E-state index in [1.807, 2.05) is 0 Å². The molecule has 3 rings (SSSR count). The Kier molecular flexibility index (Phi) is 5.36. The molecule has 1 N–H and O–H groups in total. The second-order valence-electron chi connectivity index (χ2n) is 9.96. The number of fused-ring (bicyclic) bond motifs is 1. The highest BCUT2D eigenvalue weighted by Gasteiger charge is 2.39. The Morgan fingerprint density at radius 1 is 1.00 bits per heavy atom. The first-order chi connectivity index (χ1) is 12.9. The van der Waals surface area contributed by atoms with Gasteiger partial charge in [-0.25, -0.2) is 4.98 Å². The van der Waals surface area contributed by atoms with Gasteiger partial charge in [-0.15, -0.1) is 11.3 Å². The summed E-state index contributed by atoms with van der Waals surface area (Å²) in [5.41, 5.74) is 2.23. The Morgan fingerprint density at radius 2 is 1.71 bits per heavy atom. The summed E-state index contributed by atoms with van der Waals surface area (Å²) < 4.78 is 6.53. The molecule has 1 aromatic heterocycles. The second-order valence-corrected chi connectivity index (χ2v) is 15.5. The van der Waals surface area contributed by atoms with Crippen molar-refractivity contribution in [3.8, 4) is 5.75 Å². The highest BCUT2D eigenvalue weighted by Crippen LogP contribution is 2.39. The molecule has 0 amide bonds. The number of rotatable bonds is 4. The van der Waals surface area contributed by atoms with Gasteiger partial charge in [0.1, 0.15) is 5.75 Å². The Balaban J connectivity index is 1.94. The maximum absolute atomic E-state index is 6.53. The molecule has 0 radical (unpaired) electrons. The highest BCUT2D eigenvalue weighted by molar-refractivity contribution is 7.13. The number of aromatic nitrogens is 1. The van der Waals surface area contributed by atoms with E-state index in [4.69, 9.17) is 9.41 Å². The minimum absolute atomic E-state index is 0.0549. The molecule has 0 fully saturated rings. The number of benzene rings is 2. The molecule has 1 heterocycles. The average Bonchev–Trinajstić information content (AvgIpc) is 3.03. The van der Waals surface area contributed by atoms with Crippen LogP contribution in [-0.4, -0.2) is 13.3 Å². The van der Waals surface area contributed by atoms with E-state index in [1.165, 1.54) is 5.39 Å². The minimum Gasteiger partial charge on any atom is -0.543 e. The lowest BCUT2D eigenvalue weighted by atomic mass is 9.93. The van der Waals surface area contributed by atoms with Gasteiger partial charge >= 0.3 is 0 Å². The molecule has 0 bridgehead atoms. The van der Waals surface area contributed by atoms with Gasteiger partial charge in [0, 0.05) is 21.9 Å². The SMILES string of the molecule is CC(C)(C)c1csc(Nc2cccc3ccc(O[Si](C)(C)C(C)(C)C)cc23)n1. The molecule has 3 nitrogen and oxygen atoms in total. The zero-order valence-electron chi connectivity index (χ0n) is 18.3. The van der Waals surface area contributed by atoms with Crippen molar-refractivity contribution >= 4 is 41.2 Å². The molecule has 0 aliphatic heterocycles. The van der Waals surface area contributed by atoms with Gasteiger partial charge in [-0.2, -0.15) is 0 Å². The molecule has 0 aliphatic rings. The van der Waals surface area contributed by atoms with Gasteiger partial charge in [-0.05, 0) is 41.7 Å². The third-order valence-electron chi connectivity index (χ3n) is 5.55. The average molecular weight is 413 g/mol. The van der Waals surface area contributed by atoms with Crippen LogP contribution in [0.1, 0.15) is 47.2 Å². The molecule has 2 aromatic carbocycles. The molecule has 5 heteroatoms. The zero-order valence-corrected chi connectivity index (χ0v) is 20.1. The lowest BCUT2D eigenvalue weighted by Crippen LogP contribution is -2.43. The number of hydrogen-bond acceptors (Lipinski definition) is 4. The van der Waals surface area contributed by atoms with Crippen molar-refractivity contribution < 1.29 is 4.43 Å². The van der Waals surface area contributed by atoms with Crippen LogP contribution in [0.2, 0.25) is 18.1 Å². The first-order valence-corrected chi connectivity index (χ1v) is 13.6. The number of nitrogens with zero attached hydrogens (tertiary/aromatic N) is 1.